The normalized spacial score (nSPS) is 10.9. The van der Waals surface area contributed by atoms with Crippen LogP contribution in [0.4, 0.5) is 11.4 Å². The third kappa shape index (κ3) is 20.1. The molecule has 0 bridgehead atoms. The van der Waals surface area contributed by atoms with Gasteiger partial charge in [-0.05, 0) is 116 Å². The number of hydrogen-bond donors (Lipinski definition) is 1. The van der Waals surface area contributed by atoms with E-state index in [2.05, 4.69) is 120 Å². The van der Waals surface area contributed by atoms with Gasteiger partial charge in [-0.15, -0.1) is 0 Å². The minimum absolute atomic E-state index is 0.102. The molecule has 0 aromatic heterocycles. The molecule has 0 saturated carbocycles. The highest BCUT2D eigenvalue weighted by molar-refractivity contribution is 5.94. The number of amides is 1. The average Bonchev–Trinajstić information content (AvgIpc) is 3.38. The van der Waals surface area contributed by atoms with E-state index >= 15 is 0 Å². The third-order valence-corrected chi connectivity index (χ3v) is 12.4. The Hall–Kier alpha value is -5.57. The molecule has 0 saturated heterocycles. The Balaban J connectivity index is 0.000000316. The van der Waals surface area contributed by atoms with Crippen molar-refractivity contribution in [3.63, 3.8) is 0 Å². The van der Waals surface area contributed by atoms with Gasteiger partial charge in [0, 0.05) is 44.8 Å². The highest BCUT2D eigenvalue weighted by Gasteiger charge is 2.18. The number of carbonyl (C=O) groups excluding carboxylic acids is 1. The van der Waals surface area contributed by atoms with Crippen LogP contribution in [-0.2, 0) is 19.5 Å². The first kappa shape index (κ1) is 54.0. The molecule has 5 aromatic carbocycles. The van der Waals surface area contributed by atoms with Gasteiger partial charge in [0.1, 0.15) is 0 Å². The van der Waals surface area contributed by atoms with Gasteiger partial charge < -0.3 is 20.0 Å². The lowest BCUT2D eigenvalue weighted by atomic mass is 10.0. The van der Waals surface area contributed by atoms with Crippen molar-refractivity contribution in [2.75, 3.05) is 52.4 Å². The molecule has 0 atom stereocenters. The van der Waals surface area contributed by atoms with E-state index in [1.807, 2.05) is 65.6 Å². The van der Waals surface area contributed by atoms with Crippen molar-refractivity contribution in [2.24, 2.45) is 0 Å². The van der Waals surface area contributed by atoms with Crippen LogP contribution in [0.5, 0.6) is 0 Å². The first-order valence-electron chi connectivity index (χ1n) is 25.5. The van der Waals surface area contributed by atoms with Crippen molar-refractivity contribution in [1.29, 1.82) is 0 Å². The van der Waals surface area contributed by atoms with Crippen LogP contribution in [0.3, 0.4) is 0 Å². The van der Waals surface area contributed by atoms with Crippen LogP contribution in [0.1, 0.15) is 132 Å². The summed E-state index contributed by atoms with van der Waals surface area (Å²) in [6.45, 7) is 35.3. The van der Waals surface area contributed by atoms with Crippen molar-refractivity contribution in [3.8, 4) is 22.3 Å². The predicted molar refractivity (Wildman–Crippen MR) is 285 cm³/mol. The number of benzene rings is 5. The van der Waals surface area contributed by atoms with Crippen molar-refractivity contribution in [3.05, 3.63) is 166 Å². The average molecular weight is 901 g/mol. The van der Waals surface area contributed by atoms with Crippen LogP contribution in [0.15, 0.2) is 121 Å². The lowest BCUT2D eigenvalue weighted by Gasteiger charge is -2.28. The Morgan fingerprint density at radius 1 is 0.448 bits per heavy atom. The minimum atomic E-state index is 0.102. The Kier molecular flexibility index (Phi) is 26.0. The molecular weight excluding hydrogens is 821 g/mol. The SMILES string of the molecule is [C-]#[N+]c1ccc(-c2ccc(CN(CCN(CCCC)CCCC)C(=O)c3ccc(CCCCC)cc3)cc2)cc1.[C-]#[N+]c1ccc(-c2ccc(CNCCN(CCCC)CCCC)cc2)cc1. The molecule has 0 fully saturated rings. The molecule has 67 heavy (non-hydrogen) atoms. The van der Waals surface area contributed by atoms with E-state index in [0.29, 0.717) is 24.5 Å². The topological polar surface area (TPSA) is 47.5 Å². The molecule has 0 radical (unpaired) electrons. The fraction of sp³-hybridized carbons (Fsp3) is 0.450. The summed E-state index contributed by atoms with van der Waals surface area (Å²) in [4.78, 5) is 27.9. The fourth-order valence-corrected chi connectivity index (χ4v) is 8.05. The largest absolute Gasteiger partial charge is 0.333 e. The van der Waals surface area contributed by atoms with Gasteiger partial charge in [-0.25, -0.2) is 9.69 Å². The summed E-state index contributed by atoms with van der Waals surface area (Å²) in [5.74, 6) is 0.102. The quantitative estimate of drug-likeness (QED) is 0.0384. The van der Waals surface area contributed by atoms with Crippen LogP contribution < -0.4 is 5.32 Å². The summed E-state index contributed by atoms with van der Waals surface area (Å²) in [5, 5.41) is 3.58. The van der Waals surface area contributed by atoms with Gasteiger partial charge >= 0.3 is 0 Å². The monoisotopic (exact) mass is 901 g/mol. The van der Waals surface area contributed by atoms with Gasteiger partial charge in [0.2, 0.25) is 0 Å². The van der Waals surface area contributed by atoms with Crippen LogP contribution in [0.25, 0.3) is 31.9 Å². The van der Waals surface area contributed by atoms with Crippen LogP contribution >= 0.6 is 0 Å². The maximum absolute atomic E-state index is 13.8. The Morgan fingerprint density at radius 2 is 0.851 bits per heavy atom. The molecule has 0 aliphatic heterocycles. The summed E-state index contributed by atoms with van der Waals surface area (Å²) < 4.78 is 0. The number of hydrogen-bond acceptors (Lipinski definition) is 4. The smallest absolute Gasteiger partial charge is 0.254 e. The molecule has 7 heteroatoms. The standard InChI is InChI=1S/C36H47N3O.C24H33N3/c1-5-8-11-12-30-13-19-34(20-14-30)36(40)39(28-27-38(25-9-6-2)26-10-7-3)29-31-15-17-32(18-16-31)33-21-23-35(37-4)24-22-33;1-4-6-17-27(18-7-5-2)19-16-26-20-21-8-10-22(11-9-21)23-12-14-24(25-3)15-13-23/h13-24H,5-12,25-29H2,1-3H3;8-15,26H,4-7,16-20H2,1-2H3. The number of aryl methyl sites for hydroxylation is 1. The van der Waals surface area contributed by atoms with Gasteiger partial charge in [0.25, 0.3) is 5.91 Å². The molecule has 1 amide bonds. The van der Waals surface area contributed by atoms with E-state index in [-0.39, 0.29) is 5.91 Å². The van der Waals surface area contributed by atoms with Gasteiger partial charge in [-0.3, -0.25) is 4.79 Å². The van der Waals surface area contributed by atoms with E-state index in [0.717, 1.165) is 73.5 Å². The van der Waals surface area contributed by atoms with Gasteiger partial charge in [-0.1, -0.05) is 182 Å². The second-order valence-electron chi connectivity index (χ2n) is 17.9. The van der Waals surface area contributed by atoms with Crippen molar-refractivity contribution >= 4 is 17.3 Å². The first-order valence-corrected chi connectivity index (χ1v) is 25.5. The number of nitrogens with one attached hydrogen (secondary N) is 1. The maximum Gasteiger partial charge on any atom is 0.254 e. The van der Waals surface area contributed by atoms with Gasteiger partial charge in [0.15, 0.2) is 11.4 Å². The molecule has 0 unspecified atom stereocenters. The zero-order valence-corrected chi connectivity index (χ0v) is 41.7. The Labute approximate surface area is 406 Å². The molecule has 356 valence electrons. The molecule has 0 spiro atoms. The van der Waals surface area contributed by atoms with Crippen LogP contribution in [-0.4, -0.2) is 73.0 Å². The van der Waals surface area contributed by atoms with Gasteiger partial charge in [0.05, 0.1) is 13.1 Å². The molecule has 5 rings (SSSR count). The zero-order chi connectivity index (χ0) is 47.9. The molecule has 1 N–H and O–H groups in total. The number of rotatable bonds is 29. The lowest BCUT2D eigenvalue weighted by molar-refractivity contribution is 0.0720. The molecular formula is C60H80N6O. The highest BCUT2D eigenvalue weighted by atomic mass is 16.2. The number of nitrogens with zero attached hydrogens (tertiary/aromatic N) is 5. The van der Waals surface area contributed by atoms with E-state index in [1.54, 1.807) is 0 Å². The second kappa shape index (κ2) is 32.2. The summed E-state index contributed by atoms with van der Waals surface area (Å²) in [5.41, 5.74) is 10.4. The minimum Gasteiger partial charge on any atom is -0.333 e. The van der Waals surface area contributed by atoms with E-state index < -0.39 is 0 Å². The van der Waals surface area contributed by atoms with Crippen molar-refractivity contribution in [1.82, 2.24) is 20.0 Å². The maximum atomic E-state index is 13.8. The molecule has 0 heterocycles. The Bertz CT molecular complexity index is 2150. The van der Waals surface area contributed by atoms with Gasteiger partial charge in [-0.2, -0.15) is 0 Å². The number of unbranched alkanes of at least 4 members (excludes halogenated alkanes) is 6. The summed E-state index contributed by atoms with van der Waals surface area (Å²) in [6.07, 6.45) is 14.6. The second-order valence-corrected chi connectivity index (χ2v) is 17.9. The van der Waals surface area contributed by atoms with E-state index in [9.17, 15) is 4.79 Å². The molecule has 7 nitrogen and oxygen atoms in total. The first-order chi connectivity index (χ1) is 32.8. The van der Waals surface area contributed by atoms with Crippen molar-refractivity contribution < 1.29 is 4.79 Å². The fourth-order valence-electron chi connectivity index (χ4n) is 8.05. The summed E-state index contributed by atoms with van der Waals surface area (Å²) in [7, 11) is 0. The van der Waals surface area contributed by atoms with E-state index in [4.69, 9.17) is 13.1 Å². The molecule has 5 aromatic rings. The van der Waals surface area contributed by atoms with Crippen LogP contribution in [0.2, 0.25) is 0 Å². The summed E-state index contributed by atoms with van der Waals surface area (Å²) >= 11 is 0. The predicted octanol–water partition coefficient (Wildman–Crippen LogP) is 15.1. The Morgan fingerprint density at radius 3 is 1.28 bits per heavy atom. The lowest BCUT2D eigenvalue weighted by Crippen LogP contribution is -2.39. The van der Waals surface area contributed by atoms with E-state index in [1.165, 1.54) is 100 Å². The molecule has 0 aliphatic carbocycles. The molecule has 0 aliphatic rings. The third-order valence-electron chi connectivity index (χ3n) is 12.4. The number of carbonyl (C=O) groups is 1. The van der Waals surface area contributed by atoms with Crippen molar-refractivity contribution in [2.45, 2.75) is 125 Å². The zero-order valence-electron chi connectivity index (χ0n) is 41.7. The summed E-state index contributed by atoms with van der Waals surface area (Å²) in [6, 6.07) is 41.0. The highest BCUT2D eigenvalue weighted by Crippen LogP contribution is 2.25. The van der Waals surface area contributed by atoms with Crippen LogP contribution in [0, 0.1) is 13.1 Å².